The molecule has 0 aliphatic heterocycles. The second kappa shape index (κ2) is 10.1. The van der Waals surface area contributed by atoms with Gasteiger partial charge in [0.1, 0.15) is 18.4 Å². The standard InChI is InChI=1S/C24H28N2O5/c1-4-30-24(29)20-13-17(2)26(18(20)3)16-23(28)25(14-19-9-6-5-7-10-19)15-21(27)22-11-8-12-31-22/h5-13,21,27H,4,14-16H2,1-3H3. The predicted molar refractivity (Wildman–Crippen MR) is 115 cm³/mol. The Morgan fingerprint density at radius 2 is 1.90 bits per heavy atom. The topological polar surface area (TPSA) is 84.9 Å². The van der Waals surface area contributed by atoms with E-state index in [0.717, 1.165) is 11.3 Å². The highest BCUT2D eigenvalue weighted by Crippen LogP contribution is 2.20. The van der Waals surface area contributed by atoms with Crippen molar-refractivity contribution in [2.75, 3.05) is 13.2 Å². The first-order chi connectivity index (χ1) is 14.9. The van der Waals surface area contributed by atoms with Crippen LogP contribution in [0, 0.1) is 13.8 Å². The number of hydrogen-bond donors (Lipinski definition) is 1. The average molecular weight is 424 g/mol. The molecule has 0 fully saturated rings. The summed E-state index contributed by atoms with van der Waals surface area (Å²) < 4.78 is 12.2. The number of ether oxygens (including phenoxy) is 1. The first-order valence-corrected chi connectivity index (χ1v) is 10.3. The summed E-state index contributed by atoms with van der Waals surface area (Å²) in [5, 5.41) is 10.6. The van der Waals surface area contributed by atoms with Crippen molar-refractivity contribution in [2.24, 2.45) is 0 Å². The number of aryl methyl sites for hydroxylation is 1. The number of nitrogens with zero attached hydrogens (tertiary/aromatic N) is 2. The molecule has 2 aromatic heterocycles. The lowest BCUT2D eigenvalue weighted by atomic mass is 10.2. The Balaban J connectivity index is 1.82. The molecule has 7 heteroatoms. The Hall–Kier alpha value is -3.32. The van der Waals surface area contributed by atoms with E-state index in [4.69, 9.17) is 9.15 Å². The van der Waals surface area contributed by atoms with Gasteiger partial charge in [0.25, 0.3) is 0 Å². The van der Waals surface area contributed by atoms with Crippen molar-refractivity contribution in [1.29, 1.82) is 0 Å². The Labute approximate surface area is 181 Å². The molecule has 0 aliphatic rings. The van der Waals surface area contributed by atoms with Gasteiger partial charge in [-0.2, -0.15) is 0 Å². The lowest BCUT2D eigenvalue weighted by Crippen LogP contribution is -2.37. The Morgan fingerprint density at radius 1 is 1.16 bits per heavy atom. The quantitative estimate of drug-likeness (QED) is 0.530. The molecule has 0 bridgehead atoms. The summed E-state index contributed by atoms with van der Waals surface area (Å²) in [6, 6.07) is 14.7. The van der Waals surface area contributed by atoms with Gasteiger partial charge in [-0.25, -0.2) is 4.79 Å². The van der Waals surface area contributed by atoms with Crippen LogP contribution in [0.15, 0.2) is 59.2 Å². The molecular formula is C24H28N2O5. The maximum absolute atomic E-state index is 13.3. The van der Waals surface area contributed by atoms with Crippen LogP contribution < -0.4 is 0 Å². The first-order valence-electron chi connectivity index (χ1n) is 10.3. The van der Waals surface area contributed by atoms with Gasteiger partial charge in [0.2, 0.25) is 5.91 Å². The largest absolute Gasteiger partial charge is 0.467 e. The molecule has 164 valence electrons. The van der Waals surface area contributed by atoms with E-state index in [1.807, 2.05) is 37.3 Å². The molecule has 1 N–H and O–H groups in total. The fraction of sp³-hybridized carbons (Fsp3) is 0.333. The van der Waals surface area contributed by atoms with E-state index in [1.54, 1.807) is 41.5 Å². The molecule has 1 amide bonds. The molecule has 1 aromatic carbocycles. The fourth-order valence-corrected chi connectivity index (χ4v) is 3.53. The minimum atomic E-state index is -0.940. The van der Waals surface area contributed by atoms with Crippen LogP contribution in [0.5, 0.6) is 0 Å². The minimum Gasteiger partial charge on any atom is -0.467 e. The Bertz CT molecular complexity index is 1010. The third-order valence-corrected chi connectivity index (χ3v) is 5.20. The SMILES string of the molecule is CCOC(=O)c1cc(C)n(CC(=O)N(Cc2ccccc2)CC(O)c2ccco2)c1C. The van der Waals surface area contributed by atoms with E-state index < -0.39 is 12.1 Å². The van der Waals surface area contributed by atoms with Gasteiger partial charge >= 0.3 is 5.97 Å². The average Bonchev–Trinajstić information content (AvgIpc) is 3.39. The molecule has 0 spiro atoms. The van der Waals surface area contributed by atoms with Crippen molar-refractivity contribution in [3.8, 4) is 0 Å². The second-order valence-corrected chi connectivity index (χ2v) is 7.38. The summed E-state index contributed by atoms with van der Waals surface area (Å²) in [5.74, 6) is -0.167. The van der Waals surface area contributed by atoms with E-state index >= 15 is 0 Å². The van der Waals surface area contributed by atoms with Crippen molar-refractivity contribution < 1.29 is 23.8 Å². The Kier molecular flexibility index (Phi) is 7.31. The lowest BCUT2D eigenvalue weighted by Gasteiger charge is -2.26. The number of hydrogen-bond acceptors (Lipinski definition) is 5. The number of rotatable bonds is 9. The highest BCUT2D eigenvalue weighted by molar-refractivity contribution is 5.91. The second-order valence-electron chi connectivity index (χ2n) is 7.38. The normalized spacial score (nSPS) is 11.9. The lowest BCUT2D eigenvalue weighted by molar-refractivity contribution is -0.134. The van der Waals surface area contributed by atoms with E-state index in [9.17, 15) is 14.7 Å². The molecule has 1 unspecified atom stereocenters. The van der Waals surface area contributed by atoms with Crippen molar-refractivity contribution in [3.63, 3.8) is 0 Å². The van der Waals surface area contributed by atoms with E-state index in [1.165, 1.54) is 6.26 Å². The summed E-state index contributed by atoms with van der Waals surface area (Å²) in [6.07, 6.45) is 0.551. The number of carbonyl (C=O) groups excluding carboxylic acids is 2. The molecule has 3 rings (SSSR count). The van der Waals surface area contributed by atoms with Crippen LogP contribution >= 0.6 is 0 Å². The number of esters is 1. The van der Waals surface area contributed by atoms with Crippen LogP contribution in [-0.2, 0) is 22.6 Å². The van der Waals surface area contributed by atoms with E-state index in [-0.39, 0.29) is 25.6 Å². The van der Waals surface area contributed by atoms with Gasteiger partial charge < -0.3 is 23.7 Å². The summed E-state index contributed by atoms with van der Waals surface area (Å²) >= 11 is 0. The molecule has 31 heavy (non-hydrogen) atoms. The highest BCUT2D eigenvalue weighted by Gasteiger charge is 2.23. The van der Waals surface area contributed by atoms with Gasteiger partial charge in [-0.05, 0) is 44.5 Å². The zero-order valence-electron chi connectivity index (χ0n) is 18.1. The molecule has 2 heterocycles. The molecule has 0 saturated carbocycles. The summed E-state index contributed by atoms with van der Waals surface area (Å²) in [7, 11) is 0. The van der Waals surface area contributed by atoms with E-state index in [2.05, 4.69) is 0 Å². The summed E-state index contributed by atoms with van der Waals surface area (Å²) in [5.41, 5.74) is 2.88. The van der Waals surface area contributed by atoms with E-state index in [0.29, 0.717) is 23.6 Å². The number of aliphatic hydroxyl groups excluding tert-OH is 1. The van der Waals surface area contributed by atoms with Gasteiger partial charge in [0, 0.05) is 17.9 Å². The third kappa shape index (κ3) is 5.44. The predicted octanol–water partition coefficient (Wildman–Crippen LogP) is 3.64. The van der Waals surface area contributed by atoms with Gasteiger partial charge in [-0.3, -0.25) is 4.79 Å². The maximum Gasteiger partial charge on any atom is 0.339 e. The van der Waals surface area contributed by atoms with Crippen LogP contribution in [0.25, 0.3) is 0 Å². The molecule has 3 aromatic rings. The number of benzene rings is 1. The highest BCUT2D eigenvalue weighted by atomic mass is 16.5. The molecular weight excluding hydrogens is 396 g/mol. The van der Waals surface area contributed by atoms with Crippen LogP contribution in [-0.4, -0.2) is 39.6 Å². The first kappa shape index (κ1) is 22.4. The molecule has 0 saturated heterocycles. The molecule has 0 radical (unpaired) electrons. The van der Waals surface area contributed by atoms with Crippen molar-refractivity contribution in [1.82, 2.24) is 9.47 Å². The van der Waals surface area contributed by atoms with Crippen molar-refractivity contribution in [3.05, 3.63) is 83.1 Å². The number of furan rings is 1. The van der Waals surface area contributed by atoms with Crippen LogP contribution in [0.4, 0.5) is 0 Å². The zero-order chi connectivity index (χ0) is 22.4. The van der Waals surface area contributed by atoms with Gasteiger partial charge in [-0.1, -0.05) is 30.3 Å². The van der Waals surface area contributed by atoms with Crippen molar-refractivity contribution in [2.45, 2.75) is 40.0 Å². The summed E-state index contributed by atoms with van der Waals surface area (Å²) in [4.78, 5) is 27.1. The number of aliphatic hydroxyl groups is 1. The van der Waals surface area contributed by atoms with Crippen LogP contribution in [0.2, 0.25) is 0 Å². The van der Waals surface area contributed by atoms with Crippen LogP contribution in [0.3, 0.4) is 0 Å². The number of aromatic nitrogens is 1. The molecule has 7 nitrogen and oxygen atoms in total. The van der Waals surface area contributed by atoms with Crippen LogP contribution in [0.1, 0.15) is 46.1 Å². The summed E-state index contributed by atoms with van der Waals surface area (Å²) in [6.45, 7) is 6.18. The smallest absolute Gasteiger partial charge is 0.339 e. The van der Waals surface area contributed by atoms with Crippen molar-refractivity contribution >= 4 is 11.9 Å². The monoisotopic (exact) mass is 424 g/mol. The van der Waals surface area contributed by atoms with Gasteiger partial charge in [0.15, 0.2) is 0 Å². The number of carbonyl (C=O) groups is 2. The number of amides is 1. The van der Waals surface area contributed by atoms with Gasteiger partial charge in [0.05, 0.1) is 25.0 Å². The minimum absolute atomic E-state index is 0.0504. The zero-order valence-corrected chi connectivity index (χ0v) is 18.1. The third-order valence-electron chi connectivity index (χ3n) is 5.20. The fourth-order valence-electron chi connectivity index (χ4n) is 3.53. The van der Waals surface area contributed by atoms with Gasteiger partial charge in [-0.15, -0.1) is 0 Å². The molecule has 1 atom stereocenters. The molecule has 0 aliphatic carbocycles. The Morgan fingerprint density at radius 3 is 2.55 bits per heavy atom. The maximum atomic E-state index is 13.3.